The van der Waals surface area contributed by atoms with Crippen molar-refractivity contribution in [3.05, 3.63) is 22.4 Å². The lowest BCUT2D eigenvalue weighted by Gasteiger charge is -2.11. The number of hydrogen-bond acceptors (Lipinski definition) is 2. The van der Waals surface area contributed by atoms with Crippen LogP contribution in [-0.4, -0.2) is 4.98 Å². The molecule has 0 bridgehead atoms. The zero-order valence-electron chi connectivity index (χ0n) is 5.52. The van der Waals surface area contributed by atoms with Gasteiger partial charge in [0.15, 0.2) is 0 Å². The minimum atomic E-state index is -4.51. The molecule has 0 radical (unpaired) electrons. The SMILES string of the molecule is [O-]c1cc(C(F)(F)F)cnc1Br. The van der Waals surface area contributed by atoms with Crippen LogP contribution in [0.1, 0.15) is 5.56 Å². The summed E-state index contributed by atoms with van der Waals surface area (Å²) in [6, 6.07) is 0.497. The third kappa shape index (κ3) is 1.88. The molecule has 0 saturated heterocycles. The molecular formula is C6H2BrF3NO-. The van der Waals surface area contributed by atoms with Crippen LogP contribution in [0.3, 0.4) is 0 Å². The van der Waals surface area contributed by atoms with Crippen molar-refractivity contribution in [2.75, 3.05) is 0 Å². The number of rotatable bonds is 0. The van der Waals surface area contributed by atoms with Crippen molar-refractivity contribution < 1.29 is 18.3 Å². The quantitative estimate of drug-likeness (QED) is 0.650. The summed E-state index contributed by atoms with van der Waals surface area (Å²) >= 11 is 2.71. The Hall–Kier alpha value is -0.780. The van der Waals surface area contributed by atoms with Gasteiger partial charge in [-0.2, -0.15) is 13.2 Å². The summed E-state index contributed by atoms with van der Waals surface area (Å²) in [6.45, 7) is 0. The van der Waals surface area contributed by atoms with Crippen molar-refractivity contribution in [1.29, 1.82) is 0 Å². The lowest BCUT2D eigenvalue weighted by Crippen LogP contribution is -2.07. The second kappa shape index (κ2) is 2.93. The molecule has 12 heavy (non-hydrogen) atoms. The Bertz CT molecular complexity index is 299. The van der Waals surface area contributed by atoms with E-state index in [1.165, 1.54) is 0 Å². The van der Waals surface area contributed by atoms with E-state index in [0.29, 0.717) is 12.3 Å². The highest BCUT2D eigenvalue weighted by molar-refractivity contribution is 9.10. The first-order valence-electron chi connectivity index (χ1n) is 2.81. The number of aromatic nitrogens is 1. The van der Waals surface area contributed by atoms with E-state index in [-0.39, 0.29) is 4.60 Å². The maximum atomic E-state index is 11.9. The summed E-state index contributed by atoms with van der Waals surface area (Å²) in [6.07, 6.45) is -3.90. The molecule has 66 valence electrons. The van der Waals surface area contributed by atoms with Crippen molar-refractivity contribution in [2.24, 2.45) is 0 Å². The Morgan fingerprint density at radius 2 is 2.00 bits per heavy atom. The second-order valence-electron chi connectivity index (χ2n) is 2.01. The number of alkyl halides is 3. The summed E-state index contributed by atoms with van der Waals surface area (Å²) in [7, 11) is 0. The normalized spacial score (nSPS) is 11.7. The molecule has 1 aromatic rings. The van der Waals surface area contributed by atoms with Gasteiger partial charge in [-0.15, -0.1) is 0 Å². The van der Waals surface area contributed by atoms with Crippen molar-refractivity contribution in [1.82, 2.24) is 4.98 Å². The van der Waals surface area contributed by atoms with Crippen molar-refractivity contribution in [3.63, 3.8) is 0 Å². The number of hydrogen-bond donors (Lipinski definition) is 0. The summed E-state index contributed by atoms with van der Waals surface area (Å²) in [4.78, 5) is 3.23. The van der Waals surface area contributed by atoms with Crippen molar-refractivity contribution in [3.8, 4) is 5.75 Å². The van der Waals surface area contributed by atoms with Crippen molar-refractivity contribution in [2.45, 2.75) is 6.18 Å². The molecular weight excluding hydrogens is 239 g/mol. The Kier molecular flexibility index (Phi) is 2.27. The van der Waals surface area contributed by atoms with Gasteiger partial charge >= 0.3 is 6.18 Å². The van der Waals surface area contributed by atoms with Gasteiger partial charge in [0.25, 0.3) is 0 Å². The highest BCUT2D eigenvalue weighted by atomic mass is 79.9. The predicted molar refractivity (Wildman–Crippen MR) is 36.4 cm³/mol. The van der Waals surface area contributed by atoms with E-state index >= 15 is 0 Å². The molecule has 0 aliphatic rings. The van der Waals surface area contributed by atoms with E-state index in [1.807, 2.05) is 0 Å². The fraction of sp³-hybridized carbons (Fsp3) is 0.167. The maximum Gasteiger partial charge on any atom is 0.417 e. The first-order valence-corrected chi connectivity index (χ1v) is 3.60. The summed E-state index contributed by atoms with van der Waals surface area (Å²) in [5, 5.41) is 10.7. The van der Waals surface area contributed by atoms with Gasteiger partial charge in [0.05, 0.1) is 10.2 Å². The summed E-state index contributed by atoms with van der Waals surface area (Å²) in [5.74, 6) is -0.773. The summed E-state index contributed by atoms with van der Waals surface area (Å²) in [5.41, 5.74) is -1.03. The minimum absolute atomic E-state index is 0.115. The Labute approximate surface area is 74.2 Å². The molecule has 1 heterocycles. The molecule has 1 rings (SSSR count). The van der Waals surface area contributed by atoms with Gasteiger partial charge < -0.3 is 5.11 Å². The van der Waals surface area contributed by atoms with Crippen LogP contribution in [0.2, 0.25) is 0 Å². The van der Waals surface area contributed by atoms with E-state index < -0.39 is 17.5 Å². The topological polar surface area (TPSA) is 36.0 Å². The molecule has 1 aromatic heterocycles. The highest BCUT2D eigenvalue weighted by Crippen LogP contribution is 2.31. The van der Waals surface area contributed by atoms with Gasteiger partial charge in [0, 0.05) is 6.20 Å². The highest BCUT2D eigenvalue weighted by Gasteiger charge is 2.30. The van der Waals surface area contributed by atoms with Gasteiger partial charge in [0.2, 0.25) is 0 Å². The first-order chi connectivity index (χ1) is 5.41. The first kappa shape index (κ1) is 9.31. The largest absolute Gasteiger partial charge is 0.871 e. The molecule has 2 nitrogen and oxygen atoms in total. The van der Waals surface area contributed by atoms with Crippen LogP contribution in [0, 0.1) is 0 Å². The lowest BCUT2D eigenvalue weighted by atomic mass is 10.3. The smallest absolute Gasteiger partial charge is 0.417 e. The molecule has 0 amide bonds. The Morgan fingerprint density at radius 1 is 1.42 bits per heavy atom. The number of halogens is 4. The molecule has 0 aromatic carbocycles. The Morgan fingerprint density at radius 3 is 2.42 bits per heavy atom. The maximum absolute atomic E-state index is 11.9. The van der Waals surface area contributed by atoms with Gasteiger partial charge in [-0.3, -0.25) is 0 Å². The lowest BCUT2D eigenvalue weighted by molar-refractivity contribution is -0.270. The minimum Gasteiger partial charge on any atom is -0.871 e. The molecule has 0 atom stereocenters. The van der Waals surface area contributed by atoms with Gasteiger partial charge in [-0.1, -0.05) is 11.8 Å². The molecule has 0 saturated carbocycles. The van der Waals surface area contributed by atoms with Crippen LogP contribution in [0.25, 0.3) is 0 Å². The monoisotopic (exact) mass is 240 g/mol. The fourth-order valence-electron chi connectivity index (χ4n) is 0.583. The second-order valence-corrected chi connectivity index (χ2v) is 2.76. The zero-order valence-corrected chi connectivity index (χ0v) is 7.11. The van der Waals surface area contributed by atoms with E-state index in [9.17, 15) is 18.3 Å². The fourth-order valence-corrected chi connectivity index (χ4v) is 0.800. The van der Waals surface area contributed by atoms with Gasteiger partial charge in [0.1, 0.15) is 0 Å². The molecule has 0 aliphatic heterocycles. The third-order valence-electron chi connectivity index (χ3n) is 1.13. The summed E-state index contributed by atoms with van der Waals surface area (Å²) < 4.78 is 35.6. The molecule has 0 N–H and O–H groups in total. The van der Waals surface area contributed by atoms with Crippen LogP contribution in [-0.2, 0) is 6.18 Å². The molecule has 0 fully saturated rings. The van der Waals surface area contributed by atoms with E-state index in [1.54, 1.807) is 0 Å². The standard InChI is InChI=1S/C6H3BrF3NO/c7-5-4(12)1-3(2-11-5)6(8,9)10/h1-2,12H/p-1. The molecule has 0 unspecified atom stereocenters. The average Bonchev–Trinajstić information content (AvgIpc) is 1.92. The third-order valence-corrected chi connectivity index (χ3v) is 1.73. The van der Waals surface area contributed by atoms with E-state index in [4.69, 9.17) is 0 Å². The van der Waals surface area contributed by atoms with Crippen molar-refractivity contribution >= 4 is 15.9 Å². The van der Waals surface area contributed by atoms with E-state index in [2.05, 4.69) is 20.9 Å². The van der Waals surface area contributed by atoms with Gasteiger partial charge in [-0.25, -0.2) is 4.98 Å². The van der Waals surface area contributed by atoms with Gasteiger partial charge in [-0.05, 0) is 15.9 Å². The predicted octanol–water partition coefficient (Wildman–Crippen LogP) is 1.94. The molecule has 0 spiro atoms. The van der Waals surface area contributed by atoms with Crippen LogP contribution in [0.4, 0.5) is 13.2 Å². The number of nitrogens with zero attached hydrogens (tertiary/aromatic N) is 1. The number of pyridine rings is 1. The van der Waals surface area contributed by atoms with E-state index in [0.717, 1.165) is 0 Å². The molecule has 6 heteroatoms. The average molecular weight is 241 g/mol. The molecule has 0 aliphatic carbocycles. The van der Waals surface area contributed by atoms with Crippen LogP contribution >= 0.6 is 15.9 Å². The van der Waals surface area contributed by atoms with Crippen LogP contribution in [0.5, 0.6) is 5.75 Å². The van der Waals surface area contributed by atoms with Crippen LogP contribution < -0.4 is 5.11 Å². The van der Waals surface area contributed by atoms with Crippen LogP contribution in [0.15, 0.2) is 16.9 Å². The zero-order chi connectivity index (χ0) is 9.35. The Balaban J connectivity index is 3.14.